The lowest BCUT2D eigenvalue weighted by atomic mass is 9.83. The highest BCUT2D eigenvalue weighted by Gasteiger charge is 2.26. The molecule has 2 nitrogen and oxygen atoms in total. The predicted octanol–water partition coefficient (Wildman–Crippen LogP) is 4.19. The van der Waals surface area contributed by atoms with Crippen LogP contribution in [0, 0.1) is 5.92 Å². The molecular formula is C17H36N2. The van der Waals surface area contributed by atoms with Crippen molar-refractivity contribution in [1.29, 1.82) is 0 Å². The summed E-state index contributed by atoms with van der Waals surface area (Å²) < 4.78 is 0. The summed E-state index contributed by atoms with van der Waals surface area (Å²) in [5.74, 6) is 0.753. The normalized spacial score (nSPS) is 24.0. The molecule has 1 saturated carbocycles. The minimum Gasteiger partial charge on any atom is -0.330 e. The third kappa shape index (κ3) is 6.76. The molecular weight excluding hydrogens is 232 g/mol. The highest BCUT2D eigenvalue weighted by Crippen LogP contribution is 2.27. The minimum absolute atomic E-state index is 0.753. The molecule has 0 aliphatic heterocycles. The summed E-state index contributed by atoms with van der Waals surface area (Å²) >= 11 is 0. The number of unbranched alkanes of at least 4 members (excludes halogenated alkanes) is 6. The van der Waals surface area contributed by atoms with Gasteiger partial charge in [-0.1, -0.05) is 58.3 Å². The Morgan fingerprint density at radius 2 is 1.58 bits per heavy atom. The van der Waals surface area contributed by atoms with Gasteiger partial charge in [-0.25, -0.2) is 0 Å². The second kappa shape index (κ2) is 10.7. The zero-order chi connectivity index (χ0) is 13.9. The van der Waals surface area contributed by atoms with Crippen LogP contribution < -0.4 is 5.73 Å². The molecule has 2 N–H and O–H groups in total. The molecule has 0 aromatic carbocycles. The number of hydrogen-bond donors (Lipinski definition) is 1. The first-order valence-corrected chi connectivity index (χ1v) is 8.70. The van der Waals surface area contributed by atoms with E-state index in [0.717, 1.165) is 18.5 Å². The number of nitrogens with two attached hydrogens (primary N) is 1. The maximum Gasteiger partial charge on any atom is 0.0132 e. The number of rotatable bonds is 10. The monoisotopic (exact) mass is 268 g/mol. The van der Waals surface area contributed by atoms with Gasteiger partial charge in [0.15, 0.2) is 0 Å². The van der Waals surface area contributed by atoms with Gasteiger partial charge in [-0.2, -0.15) is 0 Å². The Balaban J connectivity index is 2.07. The molecule has 1 aliphatic carbocycles. The molecule has 2 heteroatoms. The van der Waals surface area contributed by atoms with E-state index in [1.54, 1.807) is 0 Å². The van der Waals surface area contributed by atoms with E-state index in [1.807, 2.05) is 0 Å². The van der Waals surface area contributed by atoms with Crippen molar-refractivity contribution < 1.29 is 0 Å². The van der Waals surface area contributed by atoms with Crippen molar-refractivity contribution in [1.82, 2.24) is 4.90 Å². The van der Waals surface area contributed by atoms with Crippen molar-refractivity contribution >= 4 is 0 Å². The van der Waals surface area contributed by atoms with Crippen LogP contribution in [0.1, 0.15) is 77.6 Å². The van der Waals surface area contributed by atoms with Crippen molar-refractivity contribution in [2.75, 3.05) is 20.1 Å². The van der Waals surface area contributed by atoms with Gasteiger partial charge in [0.25, 0.3) is 0 Å². The fraction of sp³-hybridized carbons (Fsp3) is 1.00. The average molecular weight is 268 g/mol. The Bertz CT molecular complexity index is 205. The largest absolute Gasteiger partial charge is 0.330 e. The summed E-state index contributed by atoms with van der Waals surface area (Å²) in [6, 6.07) is 0.763. The van der Waals surface area contributed by atoms with Gasteiger partial charge >= 0.3 is 0 Å². The molecule has 2 atom stereocenters. The van der Waals surface area contributed by atoms with E-state index >= 15 is 0 Å². The molecule has 0 bridgehead atoms. The van der Waals surface area contributed by atoms with Crippen LogP contribution in [0.3, 0.4) is 0 Å². The Labute approximate surface area is 121 Å². The fourth-order valence-corrected chi connectivity index (χ4v) is 3.53. The molecule has 2 unspecified atom stereocenters. The highest BCUT2D eigenvalue weighted by molar-refractivity contribution is 4.82. The van der Waals surface area contributed by atoms with Crippen molar-refractivity contribution in [3.05, 3.63) is 0 Å². The van der Waals surface area contributed by atoms with Gasteiger partial charge in [-0.15, -0.1) is 0 Å². The highest BCUT2D eigenvalue weighted by atomic mass is 15.1. The topological polar surface area (TPSA) is 29.3 Å². The van der Waals surface area contributed by atoms with E-state index < -0.39 is 0 Å². The predicted molar refractivity (Wildman–Crippen MR) is 85.4 cm³/mol. The Morgan fingerprint density at radius 3 is 2.26 bits per heavy atom. The molecule has 0 aromatic heterocycles. The van der Waals surface area contributed by atoms with E-state index in [9.17, 15) is 0 Å². The Hall–Kier alpha value is -0.0800. The lowest BCUT2D eigenvalue weighted by Gasteiger charge is -2.37. The van der Waals surface area contributed by atoms with E-state index in [-0.39, 0.29) is 0 Å². The van der Waals surface area contributed by atoms with Crippen LogP contribution in [0.2, 0.25) is 0 Å². The minimum atomic E-state index is 0.753. The van der Waals surface area contributed by atoms with E-state index in [4.69, 9.17) is 5.73 Å². The van der Waals surface area contributed by atoms with Crippen LogP contribution >= 0.6 is 0 Å². The molecule has 0 spiro atoms. The third-order valence-corrected chi connectivity index (χ3v) is 4.85. The summed E-state index contributed by atoms with van der Waals surface area (Å²) in [7, 11) is 2.32. The SMILES string of the molecule is CCCCCCCCCN(C)C1CCCCC1CN. The first-order valence-electron chi connectivity index (χ1n) is 8.70. The Kier molecular flexibility index (Phi) is 9.54. The van der Waals surface area contributed by atoms with Gasteiger partial charge in [-0.3, -0.25) is 0 Å². The van der Waals surface area contributed by atoms with Gasteiger partial charge in [0.2, 0.25) is 0 Å². The van der Waals surface area contributed by atoms with Gasteiger partial charge < -0.3 is 10.6 Å². The molecule has 1 aliphatic rings. The summed E-state index contributed by atoms with van der Waals surface area (Å²) in [6.07, 6.45) is 15.4. The van der Waals surface area contributed by atoms with Crippen molar-refractivity contribution in [3.8, 4) is 0 Å². The summed E-state index contributed by atoms with van der Waals surface area (Å²) in [5.41, 5.74) is 5.93. The first-order chi connectivity index (χ1) is 9.29. The molecule has 1 rings (SSSR count). The van der Waals surface area contributed by atoms with E-state index in [0.29, 0.717) is 0 Å². The summed E-state index contributed by atoms with van der Waals surface area (Å²) in [5, 5.41) is 0. The maximum absolute atomic E-state index is 5.93. The van der Waals surface area contributed by atoms with Crippen LogP contribution in [0.15, 0.2) is 0 Å². The molecule has 1 fully saturated rings. The zero-order valence-corrected chi connectivity index (χ0v) is 13.4. The van der Waals surface area contributed by atoms with Gasteiger partial charge in [0.05, 0.1) is 0 Å². The quantitative estimate of drug-likeness (QED) is 0.602. The van der Waals surface area contributed by atoms with Crippen LogP contribution in [0.25, 0.3) is 0 Å². The maximum atomic E-state index is 5.93. The van der Waals surface area contributed by atoms with Crippen molar-refractivity contribution in [2.24, 2.45) is 11.7 Å². The molecule has 114 valence electrons. The average Bonchev–Trinajstić information content (AvgIpc) is 2.46. The smallest absolute Gasteiger partial charge is 0.0132 e. The number of nitrogens with zero attached hydrogens (tertiary/aromatic N) is 1. The van der Waals surface area contributed by atoms with Gasteiger partial charge in [0.1, 0.15) is 0 Å². The van der Waals surface area contributed by atoms with Gasteiger partial charge in [0, 0.05) is 6.04 Å². The molecule has 19 heavy (non-hydrogen) atoms. The third-order valence-electron chi connectivity index (χ3n) is 4.85. The fourth-order valence-electron chi connectivity index (χ4n) is 3.53. The van der Waals surface area contributed by atoms with Crippen molar-refractivity contribution in [3.63, 3.8) is 0 Å². The second-order valence-electron chi connectivity index (χ2n) is 6.45. The molecule has 0 heterocycles. The standard InChI is InChI=1S/C17H36N2/c1-3-4-5-6-7-8-11-14-19(2)17-13-10-9-12-16(17)15-18/h16-17H,3-15,18H2,1-2H3. The van der Waals surface area contributed by atoms with Crippen LogP contribution in [0.5, 0.6) is 0 Å². The Morgan fingerprint density at radius 1 is 0.947 bits per heavy atom. The van der Waals surface area contributed by atoms with Crippen LogP contribution in [-0.4, -0.2) is 31.1 Å². The van der Waals surface area contributed by atoms with Crippen LogP contribution in [-0.2, 0) is 0 Å². The van der Waals surface area contributed by atoms with Crippen LogP contribution in [0.4, 0.5) is 0 Å². The lowest BCUT2D eigenvalue weighted by Crippen LogP contribution is -2.43. The van der Waals surface area contributed by atoms with Crippen molar-refractivity contribution in [2.45, 2.75) is 83.6 Å². The molecule has 0 radical (unpaired) electrons. The molecule has 0 saturated heterocycles. The molecule has 0 amide bonds. The zero-order valence-electron chi connectivity index (χ0n) is 13.4. The number of hydrogen-bond acceptors (Lipinski definition) is 2. The summed E-state index contributed by atoms with van der Waals surface area (Å²) in [4.78, 5) is 2.60. The lowest BCUT2D eigenvalue weighted by molar-refractivity contribution is 0.131. The van der Waals surface area contributed by atoms with E-state index in [1.165, 1.54) is 77.2 Å². The second-order valence-corrected chi connectivity index (χ2v) is 6.45. The van der Waals surface area contributed by atoms with Gasteiger partial charge in [-0.05, 0) is 45.3 Å². The van der Waals surface area contributed by atoms with E-state index in [2.05, 4.69) is 18.9 Å². The molecule has 0 aromatic rings. The summed E-state index contributed by atoms with van der Waals surface area (Å²) in [6.45, 7) is 4.44. The first kappa shape index (κ1) is 17.0.